The quantitative estimate of drug-likeness (QED) is 0.727. The van der Waals surface area contributed by atoms with E-state index in [0.29, 0.717) is 31.9 Å². The van der Waals surface area contributed by atoms with Gasteiger partial charge in [-0.3, -0.25) is 4.79 Å². The zero-order valence-corrected chi connectivity index (χ0v) is 17.8. The molecule has 1 aliphatic heterocycles. The van der Waals surface area contributed by atoms with Crippen LogP contribution in [0.3, 0.4) is 0 Å². The molecular formula is C21H24F3N3O3S. The second kappa shape index (κ2) is 9.27. The van der Waals surface area contributed by atoms with Gasteiger partial charge in [0.15, 0.2) is 0 Å². The van der Waals surface area contributed by atoms with Crippen molar-refractivity contribution in [2.24, 2.45) is 0 Å². The Hall–Kier alpha value is -2.59. The van der Waals surface area contributed by atoms with Crippen LogP contribution in [0.4, 0.5) is 18.9 Å². The number of halogens is 3. The summed E-state index contributed by atoms with van der Waals surface area (Å²) in [7, 11) is -3.69. The van der Waals surface area contributed by atoms with Crippen molar-refractivity contribution in [3.63, 3.8) is 0 Å². The summed E-state index contributed by atoms with van der Waals surface area (Å²) in [6.07, 6.45) is -4.39. The van der Waals surface area contributed by atoms with E-state index in [0.717, 1.165) is 17.7 Å². The molecule has 31 heavy (non-hydrogen) atoms. The van der Waals surface area contributed by atoms with Gasteiger partial charge in [0, 0.05) is 44.8 Å². The average molecular weight is 456 g/mol. The molecule has 3 rings (SSSR count). The third-order valence-corrected chi connectivity index (χ3v) is 6.61. The third kappa shape index (κ3) is 5.98. The van der Waals surface area contributed by atoms with E-state index >= 15 is 0 Å². The molecule has 1 fully saturated rings. The molecule has 10 heteroatoms. The normalized spacial score (nSPS) is 15.2. The van der Waals surface area contributed by atoms with Gasteiger partial charge in [-0.15, -0.1) is 0 Å². The first kappa shape index (κ1) is 23.1. The van der Waals surface area contributed by atoms with Gasteiger partial charge in [-0.25, -0.2) is 13.1 Å². The molecule has 0 radical (unpaired) electrons. The molecule has 1 amide bonds. The minimum absolute atomic E-state index is 0.00858. The monoisotopic (exact) mass is 455 g/mol. The van der Waals surface area contributed by atoms with Crippen molar-refractivity contribution in [1.82, 2.24) is 9.62 Å². The van der Waals surface area contributed by atoms with Crippen LogP contribution in [-0.2, 0) is 21.0 Å². The van der Waals surface area contributed by atoms with Crippen molar-refractivity contribution in [3.05, 3.63) is 59.7 Å². The van der Waals surface area contributed by atoms with Gasteiger partial charge in [0.2, 0.25) is 15.9 Å². The lowest BCUT2D eigenvalue weighted by Crippen LogP contribution is -2.49. The number of benzene rings is 2. The molecule has 2 aromatic rings. The highest BCUT2D eigenvalue weighted by molar-refractivity contribution is 7.89. The molecule has 0 saturated carbocycles. The van der Waals surface area contributed by atoms with E-state index < -0.39 is 21.8 Å². The first-order valence-corrected chi connectivity index (χ1v) is 11.3. The molecule has 0 atom stereocenters. The Labute approximate surface area is 179 Å². The largest absolute Gasteiger partial charge is 0.416 e. The summed E-state index contributed by atoms with van der Waals surface area (Å²) in [6.45, 7) is 3.36. The summed E-state index contributed by atoms with van der Waals surface area (Å²) in [5, 5.41) is 0. The number of hydrogen-bond donors (Lipinski definition) is 1. The van der Waals surface area contributed by atoms with Crippen LogP contribution in [0, 0.1) is 6.92 Å². The maximum absolute atomic E-state index is 12.9. The number of alkyl halides is 3. The number of amides is 1. The highest BCUT2D eigenvalue weighted by atomic mass is 32.2. The molecule has 0 bridgehead atoms. The van der Waals surface area contributed by atoms with Crippen LogP contribution in [0.1, 0.15) is 17.5 Å². The van der Waals surface area contributed by atoms with E-state index in [1.807, 2.05) is 6.92 Å². The van der Waals surface area contributed by atoms with Crippen LogP contribution in [0.5, 0.6) is 0 Å². The molecule has 0 spiro atoms. The molecule has 2 aromatic carbocycles. The van der Waals surface area contributed by atoms with E-state index in [9.17, 15) is 26.4 Å². The molecule has 1 N–H and O–H groups in total. The molecule has 1 saturated heterocycles. The average Bonchev–Trinajstić information content (AvgIpc) is 2.73. The lowest BCUT2D eigenvalue weighted by atomic mass is 10.1. The summed E-state index contributed by atoms with van der Waals surface area (Å²) < 4.78 is 65.7. The molecule has 168 valence electrons. The molecule has 1 heterocycles. The topological polar surface area (TPSA) is 69.7 Å². The van der Waals surface area contributed by atoms with Gasteiger partial charge in [-0.05, 0) is 37.3 Å². The Morgan fingerprint density at radius 2 is 1.68 bits per heavy atom. The molecule has 0 unspecified atom stereocenters. The highest BCUT2D eigenvalue weighted by Gasteiger charge is 2.31. The summed E-state index contributed by atoms with van der Waals surface area (Å²) in [5.41, 5.74) is 0.704. The first-order chi connectivity index (χ1) is 14.6. The molecule has 0 aliphatic carbocycles. The van der Waals surface area contributed by atoms with E-state index in [4.69, 9.17) is 0 Å². The first-order valence-electron chi connectivity index (χ1n) is 9.82. The number of hydrogen-bond acceptors (Lipinski definition) is 4. The lowest BCUT2D eigenvalue weighted by Gasteiger charge is -2.36. The van der Waals surface area contributed by atoms with Crippen LogP contribution in [0.25, 0.3) is 0 Å². The van der Waals surface area contributed by atoms with Gasteiger partial charge in [-0.1, -0.05) is 23.8 Å². The Bertz CT molecular complexity index is 1020. The standard InChI is InChI=1S/C21H24F3N3O3S/c1-16-5-7-19(8-6-16)31(29,30)25-10-9-20(28)27-13-11-26(12-14-27)18-4-2-3-17(15-18)21(22,23)24/h2-8,15,25H,9-14H2,1H3. The van der Waals surface area contributed by atoms with E-state index in [1.54, 1.807) is 28.0 Å². The van der Waals surface area contributed by atoms with Gasteiger partial charge in [0.1, 0.15) is 0 Å². The van der Waals surface area contributed by atoms with Crippen LogP contribution >= 0.6 is 0 Å². The maximum Gasteiger partial charge on any atom is 0.416 e. The predicted octanol–water partition coefficient (Wildman–Crippen LogP) is 3.03. The van der Waals surface area contributed by atoms with E-state index in [2.05, 4.69) is 4.72 Å². The van der Waals surface area contributed by atoms with E-state index in [1.165, 1.54) is 18.2 Å². The van der Waals surface area contributed by atoms with Crippen molar-refractivity contribution < 1.29 is 26.4 Å². The fourth-order valence-electron chi connectivity index (χ4n) is 3.34. The highest BCUT2D eigenvalue weighted by Crippen LogP contribution is 2.31. The number of rotatable bonds is 6. The van der Waals surface area contributed by atoms with Crippen LogP contribution in [-0.4, -0.2) is 51.9 Å². The third-order valence-electron chi connectivity index (χ3n) is 5.13. The summed E-state index contributed by atoms with van der Waals surface area (Å²) >= 11 is 0. The van der Waals surface area contributed by atoms with Gasteiger partial charge in [0.25, 0.3) is 0 Å². The zero-order chi connectivity index (χ0) is 22.6. The van der Waals surface area contributed by atoms with Crippen LogP contribution in [0.2, 0.25) is 0 Å². The smallest absolute Gasteiger partial charge is 0.368 e. The fraction of sp³-hybridized carbons (Fsp3) is 0.381. The Morgan fingerprint density at radius 1 is 1.03 bits per heavy atom. The summed E-state index contributed by atoms with van der Waals surface area (Å²) in [6, 6.07) is 11.5. The minimum Gasteiger partial charge on any atom is -0.368 e. The second-order valence-corrected chi connectivity index (χ2v) is 9.14. The van der Waals surface area contributed by atoms with Crippen LogP contribution < -0.4 is 9.62 Å². The number of nitrogens with zero attached hydrogens (tertiary/aromatic N) is 2. The Kier molecular flexibility index (Phi) is 6.90. The van der Waals surface area contributed by atoms with Crippen molar-refractivity contribution >= 4 is 21.6 Å². The van der Waals surface area contributed by atoms with Crippen LogP contribution in [0.15, 0.2) is 53.4 Å². The SMILES string of the molecule is Cc1ccc(S(=O)(=O)NCCC(=O)N2CCN(c3cccc(C(F)(F)F)c3)CC2)cc1. The maximum atomic E-state index is 12.9. The van der Waals surface area contributed by atoms with Crippen molar-refractivity contribution in [3.8, 4) is 0 Å². The van der Waals surface area contributed by atoms with Gasteiger partial charge in [-0.2, -0.15) is 13.2 Å². The number of sulfonamides is 1. The Balaban J connectivity index is 1.49. The van der Waals surface area contributed by atoms with Gasteiger partial charge >= 0.3 is 6.18 Å². The number of nitrogens with one attached hydrogen (secondary N) is 1. The summed E-state index contributed by atoms with van der Waals surface area (Å²) in [5.74, 6) is -0.199. The molecule has 1 aliphatic rings. The molecular weight excluding hydrogens is 431 g/mol. The Morgan fingerprint density at radius 3 is 2.29 bits per heavy atom. The fourth-order valence-corrected chi connectivity index (χ4v) is 4.38. The number of carbonyl (C=O) groups is 1. The number of aryl methyl sites for hydroxylation is 1. The van der Waals surface area contributed by atoms with Crippen molar-refractivity contribution in [2.75, 3.05) is 37.6 Å². The second-order valence-electron chi connectivity index (χ2n) is 7.38. The zero-order valence-electron chi connectivity index (χ0n) is 17.0. The number of piperazine rings is 1. The summed E-state index contributed by atoms with van der Waals surface area (Å²) in [4.78, 5) is 16.0. The minimum atomic E-state index is -4.40. The van der Waals surface area contributed by atoms with Gasteiger partial charge < -0.3 is 9.80 Å². The predicted molar refractivity (Wildman–Crippen MR) is 111 cm³/mol. The van der Waals surface area contributed by atoms with E-state index in [-0.39, 0.29) is 23.8 Å². The number of carbonyl (C=O) groups excluding carboxylic acids is 1. The van der Waals surface area contributed by atoms with Crippen molar-refractivity contribution in [1.29, 1.82) is 0 Å². The van der Waals surface area contributed by atoms with Crippen molar-refractivity contribution in [2.45, 2.75) is 24.4 Å². The molecule has 6 nitrogen and oxygen atoms in total. The van der Waals surface area contributed by atoms with Gasteiger partial charge in [0.05, 0.1) is 10.5 Å². The molecule has 0 aromatic heterocycles. The number of anilines is 1. The lowest BCUT2D eigenvalue weighted by molar-refractivity contribution is -0.137.